The molecule has 0 aliphatic carbocycles. The first-order valence-corrected chi connectivity index (χ1v) is 11.6. The second kappa shape index (κ2) is 9.16. The van der Waals surface area contributed by atoms with Crippen LogP contribution in [0.5, 0.6) is 0 Å². The molecule has 0 unspecified atom stereocenters. The van der Waals surface area contributed by atoms with Crippen molar-refractivity contribution in [1.29, 1.82) is 0 Å². The Morgan fingerprint density at radius 2 is 1.50 bits per heavy atom. The normalized spacial score (nSPS) is 15.1. The van der Waals surface area contributed by atoms with Gasteiger partial charge in [-0.2, -0.15) is 0 Å². The van der Waals surface area contributed by atoms with Crippen LogP contribution in [0.1, 0.15) is 5.69 Å². The zero-order valence-corrected chi connectivity index (χ0v) is 19.1. The highest BCUT2D eigenvalue weighted by molar-refractivity contribution is 7.18. The molecule has 1 N–H and O–H groups in total. The van der Waals surface area contributed by atoms with E-state index in [2.05, 4.69) is 75.9 Å². The molecule has 3 heterocycles. The molecule has 1 saturated heterocycles. The maximum Gasteiger partial charge on any atom is 0.238 e. The number of hydrogen-bond acceptors (Lipinski definition) is 7. The SMILES string of the molecule is Cc1nc(-c2ccc(-c3ccccc3)cc2)sc1-c1ccnc(NN2CCN(C)CC2)n1. The Bertz CT molecular complexity index is 1180. The molecule has 0 radical (unpaired) electrons. The van der Waals surface area contributed by atoms with Gasteiger partial charge < -0.3 is 4.90 Å². The Morgan fingerprint density at radius 1 is 0.812 bits per heavy atom. The fraction of sp³-hybridized carbons (Fsp3) is 0.240. The molecule has 0 spiro atoms. The summed E-state index contributed by atoms with van der Waals surface area (Å²) in [5.41, 5.74) is 8.79. The van der Waals surface area contributed by atoms with Gasteiger partial charge in [-0.1, -0.05) is 54.6 Å². The molecule has 0 bridgehead atoms. The summed E-state index contributed by atoms with van der Waals surface area (Å²) in [4.78, 5) is 17.4. The standard InChI is InChI=1S/C25H26N6S/c1-18-23(22-12-13-26-25(28-22)29-31-16-14-30(2)15-17-31)32-24(27-18)21-10-8-20(9-11-21)19-6-4-3-5-7-19/h3-13H,14-17H2,1-2H3,(H,26,28,29). The fourth-order valence-corrected chi connectivity index (χ4v) is 4.83. The first-order valence-electron chi connectivity index (χ1n) is 10.8. The van der Waals surface area contributed by atoms with Crippen molar-refractivity contribution < 1.29 is 0 Å². The van der Waals surface area contributed by atoms with E-state index in [0.29, 0.717) is 5.95 Å². The minimum Gasteiger partial charge on any atom is -0.304 e. The minimum absolute atomic E-state index is 0.633. The summed E-state index contributed by atoms with van der Waals surface area (Å²) >= 11 is 1.67. The molecular weight excluding hydrogens is 416 g/mol. The van der Waals surface area contributed by atoms with Crippen LogP contribution in [-0.2, 0) is 0 Å². The third-order valence-corrected chi connectivity index (χ3v) is 6.91. The number of nitrogens with one attached hydrogen (secondary N) is 1. The Hall–Kier alpha value is -3.13. The molecule has 1 fully saturated rings. The van der Waals surface area contributed by atoms with Crippen LogP contribution in [0.2, 0.25) is 0 Å². The van der Waals surface area contributed by atoms with Gasteiger partial charge in [-0.15, -0.1) is 11.3 Å². The molecule has 1 aliphatic heterocycles. The van der Waals surface area contributed by atoms with E-state index < -0.39 is 0 Å². The minimum atomic E-state index is 0.633. The predicted molar refractivity (Wildman–Crippen MR) is 131 cm³/mol. The highest BCUT2D eigenvalue weighted by atomic mass is 32.1. The molecular formula is C25H26N6S. The third kappa shape index (κ3) is 4.55. The fourth-order valence-electron chi connectivity index (χ4n) is 3.79. The predicted octanol–water partition coefficient (Wildman–Crippen LogP) is 4.82. The van der Waals surface area contributed by atoms with Crippen LogP contribution in [-0.4, -0.2) is 58.1 Å². The highest BCUT2D eigenvalue weighted by Crippen LogP contribution is 2.35. The number of aromatic nitrogens is 3. The number of nitrogens with zero attached hydrogens (tertiary/aromatic N) is 5. The Morgan fingerprint density at radius 3 is 2.25 bits per heavy atom. The maximum absolute atomic E-state index is 4.84. The van der Waals surface area contributed by atoms with Crippen molar-refractivity contribution >= 4 is 17.3 Å². The van der Waals surface area contributed by atoms with Crippen LogP contribution < -0.4 is 5.43 Å². The summed E-state index contributed by atoms with van der Waals surface area (Å²) in [6, 6.07) is 21.0. The van der Waals surface area contributed by atoms with Crippen LogP contribution >= 0.6 is 11.3 Å². The monoisotopic (exact) mass is 442 g/mol. The van der Waals surface area contributed by atoms with Crippen LogP contribution in [0.3, 0.4) is 0 Å². The lowest BCUT2D eigenvalue weighted by atomic mass is 10.0. The molecule has 5 rings (SSSR count). The summed E-state index contributed by atoms with van der Waals surface area (Å²) < 4.78 is 0. The Labute approximate surface area is 192 Å². The quantitative estimate of drug-likeness (QED) is 0.478. The molecule has 0 atom stereocenters. The van der Waals surface area contributed by atoms with E-state index in [0.717, 1.165) is 53.0 Å². The second-order valence-corrected chi connectivity index (χ2v) is 9.04. The highest BCUT2D eigenvalue weighted by Gasteiger charge is 2.16. The van der Waals surface area contributed by atoms with Gasteiger partial charge >= 0.3 is 0 Å². The zero-order chi connectivity index (χ0) is 21.9. The average molecular weight is 443 g/mol. The first kappa shape index (κ1) is 20.8. The molecule has 2 aromatic heterocycles. The van der Waals surface area contributed by atoms with Gasteiger partial charge in [-0.05, 0) is 31.2 Å². The number of likely N-dealkylation sites (N-methyl/N-ethyl adjacent to an activating group) is 1. The van der Waals surface area contributed by atoms with Crippen LogP contribution in [0.15, 0.2) is 66.9 Å². The van der Waals surface area contributed by atoms with E-state index in [-0.39, 0.29) is 0 Å². The summed E-state index contributed by atoms with van der Waals surface area (Å²) in [5.74, 6) is 0.633. The number of anilines is 1. The van der Waals surface area contributed by atoms with Gasteiger partial charge in [-0.3, -0.25) is 5.43 Å². The summed E-state index contributed by atoms with van der Waals surface area (Å²) in [7, 11) is 2.15. The lowest BCUT2D eigenvalue weighted by Gasteiger charge is -2.32. The van der Waals surface area contributed by atoms with Gasteiger partial charge in [0, 0.05) is 37.9 Å². The molecule has 162 valence electrons. The number of thiazole rings is 1. The van der Waals surface area contributed by atoms with Crippen LogP contribution in [0.25, 0.3) is 32.3 Å². The lowest BCUT2D eigenvalue weighted by Crippen LogP contribution is -2.47. The van der Waals surface area contributed by atoms with Gasteiger partial charge in [0.2, 0.25) is 5.95 Å². The molecule has 7 heteroatoms. The van der Waals surface area contributed by atoms with Crippen molar-refractivity contribution in [3.63, 3.8) is 0 Å². The summed E-state index contributed by atoms with van der Waals surface area (Å²) in [5, 5.41) is 3.18. The van der Waals surface area contributed by atoms with Gasteiger partial charge in [-0.25, -0.2) is 20.0 Å². The van der Waals surface area contributed by atoms with Gasteiger partial charge in [0.25, 0.3) is 0 Å². The van der Waals surface area contributed by atoms with E-state index in [4.69, 9.17) is 9.97 Å². The summed E-state index contributed by atoms with van der Waals surface area (Å²) in [6.07, 6.45) is 1.81. The number of piperazine rings is 1. The van der Waals surface area contributed by atoms with E-state index in [9.17, 15) is 0 Å². The van der Waals surface area contributed by atoms with E-state index in [1.54, 1.807) is 11.3 Å². The van der Waals surface area contributed by atoms with Crippen molar-refractivity contribution in [2.45, 2.75) is 6.92 Å². The molecule has 1 aliphatic rings. The number of rotatable bonds is 5. The van der Waals surface area contributed by atoms with E-state index in [1.807, 2.05) is 25.3 Å². The van der Waals surface area contributed by atoms with Crippen molar-refractivity contribution in [3.05, 3.63) is 72.6 Å². The van der Waals surface area contributed by atoms with E-state index >= 15 is 0 Å². The van der Waals surface area contributed by atoms with E-state index in [1.165, 1.54) is 11.1 Å². The zero-order valence-electron chi connectivity index (χ0n) is 18.3. The molecule has 4 aromatic rings. The van der Waals surface area contributed by atoms with Crippen molar-refractivity contribution in [2.75, 3.05) is 38.7 Å². The molecule has 2 aromatic carbocycles. The topological polar surface area (TPSA) is 57.2 Å². The van der Waals surface area contributed by atoms with Gasteiger partial charge in [0.15, 0.2) is 0 Å². The number of benzene rings is 2. The number of aryl methyl sites for hydroxylation is 1. The largest absolute Gasteiger partial charge is 0.304 e. The van der Waals surface area contributed by atoms with Gasteiger partial charge in [0.1, 0.15) is 5.01 Å². The number of hydrazine groups is 1. The molecule has 32 heavy (non-hydrogen) atoms. The maximum atomic E-state index is 4.84. The van der Waals surface area contributed by atoms with Crippen LogP contribution in [0.4, 0.5) is 5.95 Å². The van der Waals surface area contributed by atoms with Crippen LogP contribution in [0, 0.1) is 6.92 Å². The number of hydrogen-bond donors (Lipinski definition) is 1. The average Bonchev–Trinajstić information content (AvgIpc) is 3.23. The van der Waals surface area contributed by atoms with Crippen molar-refractivity contribution in [1.82, 2.24) is 24.9 Å². The smallest absolute Gasteiger partial charge is 0.238 e. The Balaban J connectivity index is 1.35. The molecule has 0 saturated carbocycles. The first-order chi connectivity index (χ1) is 15.7. The Kier molecular flexibility index (Phi) is 5.94. The summed E-state index contributed by atoms with van der Waals surface area (Å²) in [6.45, 7) is 6.02. The van der Waals surface area contributed by atoms with Crippen molar-refractivity contribution in [3.8, 4) is 32.3 Å². The molecule has 6 nitrogen and oxygen atoms in total. The lowest BCUT2D eigenvalue weighted by molar-refractivity contribution is 0.178. The second-order valence-electron chi connectivity index (χ2n) is 8.04. The van der Waals surface area contributed by atoms with Gasteiger partial charge in [0.05, 0.1) is 16.3 Å². The molecule has 0 amide bonds. The third-order valence-electron chi connectivity index (χ3n) is 5.69. The van der Waals surface area contributed by atoms with Crippen molar-refractivity contribution in [2.24, 2.45) is 0 Å².